The molecule has 0 fully saturated rings. The Balaban J connectivity index is 5.26. The maximum absolute atomic E-state index is 13.1. The Morgan fingerprint density at radius 2 is 0.412 bits per heavy atom. The minimum Gasteiger partial charge on any atom is -0.462 e. The molecule has 0 amide bonds. The molecule has 102 heavy (non-hydrogen) atoms. The molecular formula is C83H162O17P2. The fourth-order valence-electron chi connectivity index (χ4n) is 12.8. The SMILES string of the molecule is CC(C)CCCCCCCCCCCCCCCCCC(=O)OC[C@H](COP(=O)(O)OC[C@@H](O)COP(=O)(O)OC[C@@H](COC(=O)CCCCCCCCCCC(C)C)OC(=O)CCCCCCCCCCCCCCC(C)C)OC(=O)CCCCCCCCCCCCCCCCCC(C)C. The first-order chi connectivity index (χ1) is 49.1. The highest BCUT2D eigenvalue weighted by Gasteiger charge is 2.30. The van der Waals surface area contributed by atoms with Crippen LogP contribution in [0.4, 0.5) is 0 Å². The largest absolute Gasteiger partial charge is 0.472 e. The lowest BCUT2D eigenvalue weighted by Crippen LogP contribution is -2.30. The van der Waals surface area contributed by atoms with E-state index in [0.717, 1.165) is 114 Å². The van der Waals surface area contributed by atoms with Gasteiger partial charge < -0.3 is 33.8 Å². The maximum atomic E-state index is 13.1. The molecule has 0 spiro atoms. The number of esters is 4. The third kappa shape index (κ3) is 76.3. The van der Waals surface area contributed by atoms with E-state index < -0.39 is 97.5 Å². The summed E-state index contributed by atoms with van der Waals surface area (Å²) in [5.74, 6) is 1.00. The first kappa shape index (κ1) is 100. The third-order valence-corrected chi connectivity index (χ3v) is 21.2. The zero-order valence-corrected chi connectivity index (χ0v) is 69.0. The third-order valence-electron chi connectivity index (χ3n) is 19.3. The standard InChI is InChI=1S/C83H162O17P2/c1-73(2)59-51-43-35-27-21-15-11-9-13-17-24-30-39-47-55-63-80(85)93-69-78(99-82(87)65-57-49-41-31-25-18-14-10-12-16-22-28-36-44-52-60-74(3)4)71-97-101(89,90)95-67-77(84)68-96-102(91,92)98-72-79(70-94-81(86)64-56-48-40-34-33-38-46-54-62-76(7)8)100-83(88)66-58-50-42-32-26-20-19-23-29-37-45-53-61-75(5)6/h73-79,84H,9-72H2,1-8H3,(H,89,90)(H,91,92)/t77-,78-,79-/m1/s1. The van der Waals surface area contributed by atoms with Crippen molar-refractivity contribution in [1.82, 2.24) is 0 Å². The van der Waals surface area contributed by atoms with E-state index >= 15 is 0 Å². The van der Waals surface area contributed by atoms with Crippen molar-refractivity contribution in [2.24, 2.45) is 23.7 Å². The predicted octanol–water partition coefficient (Wildman–Crippen LogP) is 24.8. The molecule has 0 saturated carbocycles. The molecule has 0 bridgehead atoms. The van der Waals surface area contributed by atoms with Crippen molar-refractivity contribution in [2.45, 2.75) is 446 Å². The van der Waals surface area contributed by atoms with Crippen molar-refractivity contribution in [2.75, 3.05) is 39.6 Å². The van der Waals surface area contributed by atoms with Crippen LogP contribution in [0.5, 0.6) is 0 Å². The summed E-state index contributed by atoms with van der Waals surface area (Å²) in [4.78, 5) is 73.1. The molecule has 0 rings (SSSR count). The van der Waals surface area contributed by atoms with Gasteiger partial charge in [-0.2, -0.15) is 0 Å². The number of carbonyl (C=O) groups excluding carboxylic acids is 4. The van der Waals surface area contributed by atoms with Crippen LogP contribution in [0.2, 0.25) is 0 Å². The van der Waals surface area contributed by atoms with E-state index in [9.17, 15) is 43.2 Å². The number of phosphoric acid groups is 2. The normalized spacial score (nSPS) is 14.0. The summed E-state index contributed by atoms with van der Waals surface area (Å²) in [6.45, 7) is 14.3. The van der Waals surface area contributed by atoms with Crippen LogP contribution in [0.1, 0.15) is 428 Å². The summed E-state index contributed by atoms with van der Waals surface area (Å²) in [5, 5.41) is 10.7. The van der Waals surface area contributed by atoms with E-state index in [1.807, 2.05) is 0 Å². The summed E-state index contributed by atoms with van der Waals surface area (Å²) in [7, 11) is -9.93. The summed E-state index contributed by atoms with van der Waals surface area (Å²) in [6, 6.07) is 0. The number of rotatable bonds is 80. The van der Waals surface area contributed by atoms with Crippen LogP contribution in [-0.2, 0) is 65.4 Å². The van der Waals surface area contributed by atoms with Crippen molar-refractivity contribution in [1.29, 1.82) is 0 Å². The van der Waals surface area contributed by atoms with Crippen LogP contribution in [0, 0.1) is 23.7 Å². The highest BCUT2D eigenvalue weighted by Crippen LogP contribution is 2.45. The zero-order chi connectivity index (χ0) is 75.3. The Labute approximate surface area is 626 Å². The second-order valence-electron chi connectivity index (χ2n) is 31.8. The number of unbranched alkanes of at least 4 members (excludes halogenated alkanes) is 46. The molecule has 17 nitrogen and oxygen atoms in total. The lowest BCUT2D eigenvalue weighted by molar-refractivity contribution is -0.161. The van der Waals surface area contributed by atoms with E-state index in [1.54, 1.807) is 0 Å². The smallest absolute Gasteiger partial charge is 0.462 e. The van der Waals surface area contributed by atoms with E-state index in [0.29, 0.717) is 25.7 Å². The second kappa shape index (κ2) is 72.0. The van der Waals surface area contributed by atoms with Gasteiger partial charge in [0, 0.05) is 25.7 Å². The van der Waals surface area contributed by atoms with E-state index in [1.165, 1.54) is 231 Å². The van der Waals surface area contributed by atoms with Crippen LogP contribution in [0.15, 0.2) is 0 Å². The van der Waals surface area contributed by atoms with Gasteiger partial charge in [0.15, 0.2) is 12.2 Å². The van der Waals surface area contributed by atoms with Crippen molar-refractivity contribution in [3.8, 4) is 0 Å². The lowest BCUT2D eigenvalue weighted by atomic mass is 10.0. The van der Waals surface area contributed by atoms with Crippen LogP contribution in [0.3, 0.4) is 0 Å². The Kier molecular flexibility index (Phi) is 70.6. The van der Waals surface area contributed by atoms with Gasteiger partial charge in [-0.1, -0.05) is 376 Å². The van der Waals surface area contributed by atoms with Crippen molar-refractivity contribution < 1.29 is 80.2 Å². The second-order valence-corrected chi connectivity index (χ2v) is 34.7. The number of aliphatic hydroxyl groups excluding tert-OH is 1. The number of aliphatic hydroxyl groups is 1. The molecule has 0 aromatic rings. The van der Waals surface area contributed by atoms with Crippen LogP contribution in [0.25, 0.3) is 0 Å². The van der Waals surface area contributed by atoms with Crippen LogP contribution < -0.4 is 0 Å². The van der Waals surface area contributed by atoms with Crippen molar-refractivity contribution in [3.05, 3.63) is 0 Å². The number of phosphoric ester groups is 2. The Morgan fingerprint density at radius 3 is 0.608 bits per heavy atom. The predicted molar refractivity (Wildman–Crippen MR) is 418 cm³/mol. The molecule has 0 aliphatic heterocycles. The molecule has 606 valence electrons. The molecular weight excluding hydrogens is 1330 g/mol. The van der Waals surface area contributed by atoms with Crippen molar-refractivity contribution >= 4 is 39.5 Å². The lowest BCUT2D eigenvalue weighted by Gasteiger charge is -2.21. The minimum absolute atomic E-state index is 0.106. The topological polar surface area (TPSA) is 237 Å². The monoisotopic (exact) mass is 1490 g/mol. The number of carbonyl (C=O) groups is 4. The van der Waals surface area contributed by atoms with Gasteiger partial charge in [0.2, 0.25) is 0 Å². The van der Waals surface area contributed by atoms with Gasteiger partial charge in [-0.05, 0) is 49.4 Å². The highest BCUT2D eigenvalue weighted by atomic mass is 31.2. The molecule has 0 aromatic heterocycles. The molecule has 3 N–H and O–H groups in total. The van der Waals surface area contributed by atoms with Gasteiger partial charge in [0.1, 0.15) is 19.3 Å². The Morgan fingerprint density at radius 1 is 0.245 bits per heavy atom. The Hall–Kier alpha value is -1.94. The highest BCUT2D eigenvalue weighted by molar-refractivity contribution is 7.47. The first-order valence-corrected chi connectivity index (χ1v) is 45.7. The molecule has 0 aromatic carbocycles. The summed E-state index contributed by atoms with van der Waals surface area (Å²) < 4.78 is 68.8. The number of hydrogen-bond donors (Lipinski definition) is 3. The van der Waals surface area contributed by atoms with Gasteiger partial charge in [-0.25, -0.2) is 9.13 Å². The van der Waals surface area contributed by atoms with E-state index in [4.69, 9.17) is 37.0 Å². The quantitative estimate of drug-likeness (QED) is 0.0222. The maximum Gasteiger partial charge on any atom is 0.472 e. The Bertz CT molecular complexity index is 1990. The average Bonchev–Trinajstić information content (AvgIpc) is 0.933. The average molecular weight is 1490 g/mol. The van der Waals surface area contributed by atoms with Crippen molar-refractivity contribution in [3.63, 3.8) is 0 Å². The van der Waals surface area contributed by atoms with Gasteiger partial charge in [-0.3, -0.25) is 37.3 Å². The fourth-order valence-corrected chi connectivity index (χ4v) is 14.4. The fraction of sp³-hybridized carbons (Fsp3) is 0.952. The summed E-state index contributed by atoms with van der Waals surface area (Å²) in [5.41, 5.74) is 0. The number of ether oxygens (including phenoxy) is 4. The molecule has 2 unspecified atom stereocenters. The molecule has 5 atom stereocenters. The molecule has 0 heterocycles. The van der Waals surface area contributed by atoms with Crippen LogP contribution in [-0.4, -0.2) is 96.7 Å². The van der Waals surface area contributed by atoms with Gasteiger partial charge in [0.25, 0.3) is 0 Å². The minimum atomic E-state index is -4.96. The molecule has 0 aliphatic rings. The summed E-state index contributed by atoms with van der Waals surface area (Å²) >= 11 is 0. The summed E-state index contributed by atoms with van der Waals surface area (Å²) in [6.07, 6.45) is 59.7. The molecule has 0 saturated heterocycles. The molecule has 0 radical (unpaired) electrons. The molecule has 0 aliphatic carbocycles. The van der Waals surface area contributed by atoms with Gasteiger partial charge >= 0.3 is 39.5 Å². The van der Waals surface area contributed by atoms with Gasteiger partial charge in [-0.15, -0.1) is 0 Å². The van der Waals surface area contributed by atoms with Crippen LogP contribution >= 0.6 is 15.6 Å². The molecule has 19 heteroatoms. The van der Waals surface area contributed by atoms with Gasteiger partial charge in [0.05, 0.1) is 26.4 Å². The first-order valence-electron chi connectivity index (χ1n) is 42.7. The van der Waals surface area contributed by atoms with E-state index in [-0.39, 0.29) is 25.7 Å². The van der Waals surface area contributed by atoms with E-state index in [2.05, 4.69) is 55.4 Å². The zero-order valence-electron chi connectivity index (χ0n) is 67.2. The number of hydrogen-bond acceptors (Lipinski definition) is 15.